The normalized spacial score (nSPS) is 11.0. The largest absolute Gasteiger partial charge is 0.462 e. The zero-order chi connectivity index (χ0) is 21.5. The van der Waals surface area contributed by atoms with E-state index in [1.54, 1.807) is 43.3 Å². The molecule has 0 radical (unpaired) electrons. The molecule has 10 heteroatoms. The van der Waals surface area contributed by atoms with Crippen molar-refractivity contribution in [2.24, 2.45) is 0 Å². The van der Waals surface area contributed by atoms with Crippen LogP contribution in [0, 0.1) is 11.3 Å². The molecule has 152 valence electrons. The van der Waals surface area contributed by atoms with Crippen LogP contribution >= 0.6 is 23.3 Å². The Balaban J connectivity index is 1.78. The number of aromatic nitrogens is 2. The predicted molar refractivity (Wildman–Crippen MR) is 114 cm³/mol. The molecule has 0 saturated carbocycles. The summed E-state index contributed by atoms with van der Waals surface area (Å²) in [6, 6.07) is 12.0. The van der Waals surface area contributed by atoms with Gasteiger partial charge in [-0.05, 0) is 37.4 Å². The van der Waals surface area contributed by atoms with Crippen molar-refractivity contribution >= 4 is 46.4 Å². The molecule has 3 aromatic rings. The van der Waals surface area contributed by atoms with E-state index < -0.39 is 11.9 Å². The average molecular weight is 441 g/mol. The fourth-order valence-corrected chi connectivity index (χ4v) is 3.52. The van der Waals surface area contributed by atoms with Gasteiger partial charge in [-0.2, -0.15) is 14.6 Å². The Labute approximate surface area is 180 Å². The van der Waals surface area contributed by atoms with Gasteiger partial charge in [0.15, 0.2) is 0 Å². The quantitative estimate of drug-likeness (QED) is 0.251. The first-order valence-corrected chi connectivity index (χ1v) is 10.7. The molecule has 1 amide bonds. The summed E-state index contributed by atoms with van der Waals surface area (Å²) in [6.45, 7) is 2.02. The number of thioether (sulfide) groups is 1. The van der Waals surface area contributed by atoms with E-state index in [0.29, 0.717) is 32.9 Å². The lowest BCUT2D eigenvalue weighted by atomic mass is 10.1. The van der Waals surface area contributed by atoms with Gasteiger partial charge in [0.05, 0.1) is 12.2 Å². The van der Waals surface area contributed by atoms with Crippen LogP contribution in [-0.2, 0) is 9.53 Å². The Morgan fingerprint density at radius 2 is 2.20 bits per heavy atom. The zero-order valence-electron chi connectivity index (χ0n) is 16.0. The van der Waals surface area contributed by atoms with Crippen molar-refractivity contribution in [3.63, 3.8) is 0 Å². The van der Waals surface area contributed by atoms with E-state index in [9.17, 15) is 14.9 Å². The molecule has 0 unspecified atom stereocenters. The van der Waals surface area contributed by atoms with Gasteiger partial charge in [0.25, 0.3) is 5.91 Å². The number of benzene rings is 1. The second-order valence-electron chi connectivity index (χ2n) is 5.71. The first-order chi connectivity index (χ1) is 14.5. The number of ether oxygens (including phenoxy) is 1. The van der Waals surface area contributed by atoms with Gasteiger partial charge < -0.3 is 9.15 Å². The SMILES string of the molecule is CCOC(=O)c1cccc(-c2ccc(/C=C(/C#N)C(=O)Nc3nc(SC)ns3)o2)c1. The minimum atomic E-state index is -0.608. The minimum absolute atomic E-state index is 0.142. The molecule has 0 aliphatic rings. The molecule has 3 rings (SSSR count). The zero-order valence-corrected chi connectivity index (χ0v) is 17.7. The summed E-state index contributed by atoms with van der Waals surface area (Å²) in [7, 11) is 0. The molecule has 2 aromatic heterocycles. The Hall–Kier alpha value is -3.42. The molecule has 0 atom stereocenters. The number of hydrogen-bond donors (Lipinski definition) is 1. The lowest BCUT2D eigenvalue weighted by Gasteiger charge is -2.03. The molecular formula is C20H16N4O4S2. The molecule has 0 spiro atoms. The Kier molecular flexibility index (Phi) is 7.00. The van der Waals surface area contributed by atoms with Crippen molar-refractivity contribution in [2.45, 2.75) is 12.1 Å². The Bertz CT molecular complexity index is 1140. The number of carbonyl (C=O) groups excluding carboxylic acids is 2. The van der Waals surface area contributed by atoms with Gasteiger partial charge in [-0.1, -0.05) is 23.9 Å². The van der Waals surface area contributed by atoms with Gasteiger partial charge in [-0.15, -0.1) is 0 Å². The highest BCUT2D eigenvalue weighted by Gasteiger charge is 2.14. The van der Waals surface area contributed by atoms with Gasteiger partial charge in [-0.3, -0.25) is 10.1 Å². The van der Waals surface area contributed by atoms with Crippen molar-refractivity contribution < 1.29 is 18.7 Å². The highest BCUT2D eigenvalue weighted by molar-refractivity contribution is 7.98. The van der Waals surface area contributed by atoms with Crippen LogP contribution in [0.2, 0.25) is 0 Å². The van der Waals surface area contributed by atoms with E-state index >= 15 is 0 Å². The smallest absolute Gasteiger partial charge is 0.338 e. The van der Waals surface area contributed by atoms with Crippen molar-refractivity contribution in [1.29, 1.82) is 5.26 Å². The molecular weight excluding hydrogens is 424 g/mol. The minimum Gasteiger partial charge on any atom is -0.462 e. The summed E-state index contributed by atoms with van der Waals surface area (Å²) >= 11 is 2.39. The second-order valence-corrected chi connectivity index (χ2v) is 7.24. The lowest BCUT2D eigenvalue weighted by Crippen LogP contribution is -2.13. The summed E-state index contributed by atoms with van der Waals surface area (Å²) in [5, 5.41) is 12.7. The Morgan fingerprint density at radius 3 is 2.90 bits per heavy atom. The fraction of sp³-hybridized carbons (Fsp3) is 0.150. The monoisotopic (exact) mass is 440 g/mol. The van der Waals surface area contributed by atoms with E-state index in [1.807, 2.05) is 12.3 Å². The van der Waals surface area contributed by atoms with Crippen molar-refractivity contribution in [3.8, 4) is 17.4 Å². The van der Waals surface area contributed by atoms with Crippen LogP contribution in [0.15, 0.2) is 51.5 Å². The number of rotatable bonds is 7. The third-order valence-electron chi connectivity index (χ3n) is 3.75. The van der Waals surface area contributed by atoms with Crippen LogP contribution in [0.1, 0.15) is 23.0 Å². The number of anilines is 1. The molecule has 8 nitrogen and oxygen atoms in total. The average Bonchev–Trinajstić information content (AvgIpc) is 3.41. The molecule has 1 N–H and O–H groups in total. The maximum absolute atomic E-state index is 12.3. The van der Waals surface area contributed by atoms with Crippen LogP contribution in [-0.4, -0.2) is 34.1 Å². The lowest BCUT2D eigenvalue weighted by molar-refractivity contribution is -0.112. The number of nitrogens with one attached hydrogen (secondary N) is 1. The summed E-state index contributed by atoms with van der Waals surface area (Å²) in [5.74, 6) is -0.224. The van der Waals surface area contributed by atoms with E-state index in [1.165, 1.54) is 17.8 Å². The third-order valence-corrected chi connectivity index (χ3v) is 5.04. The number of nitrogens with zero attached hydrogens (tertiary/aromatic N) is 3. The molecule has 0 bridgehead atoms. The van der Waals surface area contributed by atoms with Crippen LogP contribution in [0.3, 0.4) is 0 Å². The maximum Gasteiger partial charge on any atom is 0.338 e. The van der Waals surface area contributed by atoms with Crippen molar-refractivity contribution in [2.75, 3.05) is 18.2 Å². The molecule has 30 heavy (non-hydrogen) atoms. The van der Waals surface area contributed by atoms with Crippen molar-refractivity contribution in [1.82, 2.24) is 9.36 Å². The molecule has 0 aliphatic carbocycles. The highest BCUT2D eigenvalue weighted by atomic mass is 32.2. The van der Waals surface area contributed by atoms with E-state index in [2.05, 4.69) is 14.7 Å². The van der Waals surface area contributed by atoms with Gasteiger partial charge in [0.2, 0.25) is 10.3 Å². The number of furan rings is 1. The first kappa shape index (κ1) is 21.3. The Morgan fingerprint density at radius 1 is 1.37 bits per heavy atom. The summed E-state index contributed by atoms with van der Waals surface area (Å²) < 4.78 is 14.8. The third kappa shape index (κ3) is 5.14. The summed E-state index contributed by atoms with van der Waals surface area (Å²) in [5.41, 5.74) is 0.931. The fourth-order valence-electron chi connectivity index (χ4n) is 2.40. The molecule has 1 aromatic carbocycles. The van der Waals surface area contributed by atoms with Gasteiger partial charge >= 0.3 is 5.97 Å². The van der Waals surface area contributed by atoms with Crippen LogP contribution in [0.5, 0.6) is 0 Å². The number of amides is 1. The molecule has 0 saturated heterocycles. The summed E-state index contributed by atoms with van der Waals surface area (Å²) in [4.78, 5) is 28.4. The van der Waals surface area contributed by atoms with Crippen LogP contribution in [0.4, 0.5) is 5.13 Å². The predicted octanol–water partition coefficient (Wildman–Crippen LogP) is 4.24. The number of esters is 1. The molecule has 0 fully saturated rings. The van der Waals surface area contributed by atoms with Crippen molar-refractivity contribution in [3.05, 3.63) is 53.3 Å². The van der Waals surface area contributed by atoms with Crippen LogP contribution in [0.25, 0.3) is 17.4 Å². The number of carbonyl (C=O) groups is 2. The highest BCUT2D eigenvalue weighted by Crippen LogP contribution is 2.25. The van der Waals surface area contributed by atoms with E-state index in [-0.39, 0.29) is 12.2 Å². The molecule has 2 heterocycles. The first-order valence-electron chi connectivity index (χ1n) is 8.72. The number of hydrogen-bond acceptors (Lipinski definition) is 9. The van der Waals surface area contributed by atoms with E-state index in [4.69, 9.17) is 9.15 Å². The van der Waals surface area contributed by atoms with Crippen LogP contribution < -0.4 is 5.32 Å². The topological polar surface area (TPSA) is 118 Å². The molecule has 0 aliphatic heterocycles. The standard InChI is InChI=1S/C20H16N4O4S2/c1-3-27-18(26)13-6-4-5-12(9-13)16-8-7-15(28-16)10-14(11-21)17(25)22-19-23-20(29-2)24-30-19/h4-10H,3H2,1-2H3,(H,22,23,24,25)/b14-10-. The van der Waals surface area contributed by atoms with Gasteiger partial charge in [-0.25, -0.2) is 4.79 Å². The van der Waals surface area contributed by atoms with E-state index in [0.717, 1.165) is 11.5 Å². The van der Waals surface area contributed by atoms with Gasteiger partial charge in [0.1, 0.15) is 23.2 Å². The van der Waals surface area contributed by atoms with Gasteiger partial charge in [0, 0.05) is 23.2 Å². The number of nitriles is 1. The second kappa shape index (κ2) is 9.87. The summed E-state index contributed by atoms with van der Waals surface area (Å²) in [6.07, 6.45) is 3.16. The maximum atomic E-state index is 12.3.